The molecule has 0 bridgehead atoms. The van der Waals surface area contributed by atoms with E-state index >= 15 is 0 Å². The molecule has 3 rings (SSSR count). The number of hydrogen-bond acceptors (Lipinski definition) is 3. The first-order valence-corrected chi connectivity index (χ1v) is 6.08. The van der Waals surface area contributed by atoms with E-state index in [1.165, 1.54) is 4.52 Å². The molecule has 0 aromatic carbocycles. The highest BCUT2D eigenvalue weighted by atomic mass is 16.2. The van der Waals surface area contributed by atoms with Crippen LogP contribution in [0.15, 0.2) is 10.9 Å². The Kier molecular flexibility index (Phi) is 2.26. The van der Waals surface area contributed by atoms with E-state index in [0.29, 0.717) is 30.0 Å². The summed E-state index contributed by atoms with van der Waals surface area (Å²) < 4.78 is 1.42. The molecule has 0 saturated heterocycles. The van der Waals surface area contributed by atoms with E-state index in [1.54, 1.807) is 4.90 Å². The molecule has 94 valence electrons. The van der Waals surface area contributed by atoms with Crippen LogP contribution in [0.2, 0.25) is 0 Å². The molecule has 0 aliphatic carbocycles. The molecule has 1 N–H and O–H groups in total. The topological polar surface area (TPSA) is 70.5 Å². The van der Waals surface area contributed by atoms with E-state index in [-0.39, 0.29) is 11.5 Å². The molecular formula is C12H14N4O2. The van der Waals surface area contributed by atoms with Crippen molar-refractivity contribution in [1.82, 2.24) is 19.5 Å². The zero-order valence-corrected chi connectivity index (χ0v) is 10.4. The fraction of sp³-hybridized carbons (Fsp3) is 0.417. The second-order valence-corrected chi connectivity index (χ2v) is 4.39. The molecule has 0 spiro atoms. The standard InChI is InChI=1S/C12H14N4O2/c1-3-7-5-9-13-10-8(11(17)16(9)14-7)6-15(4-2)12(10)18/h5,14H,3-4,6H2,1-2H3. The van der Waals surface area contributed by atoms with Crippen LogP contribution < -0.4 is 5.56 Å². The van der Waals surface area contributed by atoms with Crippen molar-refractivity contribution in [3.8, 4) is 0 Å². The van der Waals surface area contributed by atoms with Crippen molar-refractivity contribution in [3.63, 3.8) is 0 Å². The number of nitrogens with zero attached hydrogens (tertiary/aromatic N) is 3. The molecule has 1 amide bonds. The van der Waals surface area contributed by atoms with Gasteiger partial charge < -0.3 is 4.90 Å². The Morgan fingerprint density at radius 2 is 2.17 bits per heavy atom. The number of hydrogen-bond donors (Lipinski definition) is 1. The lowest BCUT2D eigenvalue weighted by Gasteiger charge is -2.10. The van der Waals surface area contributed by atoms with Crippen molar-refractivity contribution in [2.75, 3.05) is 6.54 Å². The first kappa shape index (κ1) is 11.0. The van der Waals surface area contributed by atoms with Crippen molar-refractivity contribution >= 4 is 11.6 Å². The van der Waals surface area contributed by atoms with Crippen molar-refractivity contribution in [2.24, 2.45) is 0 Å². The molecule has 0 fully saturated rings. The van der Waals surface area contributed by atoms with Crippen LogP contribution in [0.4, 0.5) is 0 Å². The molecule has 0 atom stereocenters. The zero-order chi connectivity index (χ0) is 12.9. The van der Waals surface area contributed by atoms with E-state index in [1.807, 2.05) is 19.9 Å². The van der Waals surface area contributed by atoms with E-state index < -0.39 is 0 Å². The highest BCUT2D eigenvalue weighted by Crippen LogP contribution is 2.18. The fourth-order valence-corrected chi connectivity index (χ4v) is 2.28. The Morgan fingerprint density at radius 3 is 2.83 bits per heavy atom. The second-order valence-electron chi connectivity index (χ2n) is 4.39. The molecule has 6 heteroatoms. The van der Waals surface area contributed by atoms with Crippen molar-refractivity contribution in [1.29, 1.82) is 0 Å². The van der Waals surface area contributed by atoms with Gasteiger partial charge in [-0.15, -0.1) is 0 Å². The summed E-state index contributed by atoms with van der Waals surface area (Å²) in [6.45, 7) is 4.84. The van der Waals surface area contributed by atoms with Crippen LogP contribution >= 0.6 is 0 Å². The number of aryl methyl sites for hydroxylation is 1. The third-order valence-electron chi connectivity index (χ3n) is 3.36. The molecule has 0 radical (unpaired) electrons. The van der Waals surface area contributed by atoms with Gasteiger partial charge in [-0.1, -0.05) is 6.92 Å². The number of nitrogens with one attached hydrogen (secondary N) is 1. The van der Waals surface area contributed by atoms with Gasteiger partial charge in [-0.3, -0.25) is 14.7 Å². The van der Waals surface area contributed by atoms with E-state index in [4.69, 9.17) is 0 Å². The third-order valence-corrected chi connectivity index (χ3v) is 3.36. The van der Waals surface area contributed by atoms with Gasteiger partial charge in [0.05, 0.1) is 12.1 Å². The Bertz CT molecular complexity index is 698. The average molecular weight is 246 g/mol. The molecule has 1 aliphatic heterocycles. The summed E-state index contributed by atoms with van der Waals surface area (Å²) >= 11 is 0. The second kappa shape index (κ2) is 3.69. The summed E-state index contributed by atoms with van der Waals surface area (Å²) in [5, 5.41) is 3.00. The lowest BCUT2D eigenvalue weighted by molar-refractivity contribution is 0.0783. The summed E-state index contributed by atoms with van der Waals surface area (Å²) in [5.41, 5.74) is 2.08. The molecule has 2 aromatic heterocycles. The highest BCUT2D eigenvalue weighted by molar-refractivity contribution is 5.96. The molecule has 6 nitrogen and oxygen atoms in total. The predicted octanol–water partition coefficient (Wildman–Crippen LogP) is 0.561. The van der Waals surface area contributed by atoms with E-state index in [9.17, 15) is 9.59 Å². The van der Waals surface area contributed by atoms with Crippen molar-refractivity contribution < 1.29 is 4.79 Å². The number of amides is 1. The van der Waals surface area contributed by atoms with Crippen LogP contribution in [0, 0.1) is 0 Å². The monoisotopic (exact) mass is 246 g/mol. The summed E-state index contributed by atoms with van der Waals surface area (Å²) in [6, 6.07) is 1.81. The lowest BCUT2D eigenvalue weighted by atomic mass is 10.2. The Hall–Kier alpha value is -2.11. The van der Waals surface area contributed by atoms with Crippen LogP contribution in [-0.2, 0) is 13.0 Å². The zero-order valence-electron chi connectivity index (χ0n) is 10.4. The van der Waals surface area contributed by atoms with Crippen molar-refractivity contribution in [2.45, 2.75) is 26.8 Å². The molecule has 0 unspecified atom stereocenters. The minimum absolute atomic E-state index is 0.147. The van der Waals surface area contributed by atoms with Gasteiger partial charge in [0, 0.05) is 18.3 Å². The molecule has 1 aliphatic rings. The molecule has 3 heterocycles. The van der Waals surface area contributed by atoms with Gasteiger partial charge in [-0.2, -0.15) is 0 Å². The van der Waals surface area contributed by atoms with Crippen LogP contribution in [0.3, 0.4) is 0 Å². The molecular weight excluding hydrogens is 232 g/mol. The van der Waals surface area contributed by atoms with Gasteiger partial charge >= 0.3 is 0 Å². The minimum Gasteiger partial charge on any atom is -0.333 e. The van der Waals surface area contributed by atoms with Crippen molar-refractivity contribution in [3.05, 3.63) is 33.4 Å². The van der Waals surface area contributed by atoms with Crippen LogP contribution in [0.5, 0.6) is 0 Å². The Labute approximate surface area is 103 Å². The van der Waals surface area contributed by atoms with E-state index in [0.717, 1.165) is 12.1 Å². The fourth-order valence-electron chi connectivity index (χ4n) is 2.28. The maximum Gasteiger partial charge on any atom is 0.278 e. The highest BCUT2D eigenvalue weighted by Gasteiger charge is 2.31. The summed E-state index contributed by atoms with van der Waals surface area (Å²) in [7, 11) is 0. The average Bonchev–Trinajstić information content (AvgIpc) is 2.92. The maximum absolute atomic E-state index is 12.3. The summed E-state index contributed by atoms with van der Waals surface area (Å²) in [4.78, 5) is 30.2. The smallest absolute Gasteiger partial charge is 0.278 e. The molecule has 18 heavy (non-hydrogen) atoms. The molecule has 0 saturated carbocycles. The number of aromatic nitrogens is 3. The van der Waals surface area contributed by atoms with Gasteiger partial charge in [0.1, 0.15) is 5.69 Å². The summed E-state index contributed by atoms with van der Waals surface area (Å²) in [5.74, 6) is -0.147. The number of fused-ring (bicyclic) bond motifs is 2. The number of carbonyl (C=O) groups excluding carboxylic acids is 1. The first-order valence-electron chi connectivity index (χ1n) is 6.08. The number of H-pyrrole nitrogens is 1. The van der Waals surface area contributed by atoms with Gasteiger partial charge in [-0.05, 0) is 13.3 Å². The van der Waals surface area contributed by atoms with Gasteiger partial charge in [0.2, 0.25) is 0 Å². The molecule has 2 aromatic rings. The third kappa shape index (κ3) is 1.32. The largest absolute Gasteiger partial charge is 0.333 e. The number of carbonyl (C=O) groups is 1. The quantitative estimate of drug-likeness (QED) is 0.841. The number of rotatable bonds is 2. The van der Waals surface area contributed by atoms with Gasteiger partial charge in [-0.25, -0.2) is 9.50 Å². The van der Waals surface area contributed by atoms with Crippen LogP contribution in [0.1, 0.15) is 35.6 Å². The van der Waals surface area contributed by atoms with Gasteiger partial charge in [0.25, 0.3) is 11.5 Å². The Balaban J connectivity index is 2.27. The SMILES string of the molecule is CCc1cc2nc3c(c(=O)n2[nH]1)CN(CC)C3=O. The summed E-state index contributed by atoms with van der Waals surface area (Å²) in [6.07, 6.45) is 0.794. The van der Waals surface area contributed by atoms with Gasteiger partial charge in [0.15, 0.2) is 5.65 Å². The van der Waals surface area contributed by atoms with E-state index in [2.05, 4.69) is 10.1 Å². The van der Waals surface area contributed by atoms with Crippen LogP contribution in [-0.4, -0.2) is 31.9 Å². The Morgan fingerprint density at radius 1 is 1.39 bits per heavy atom. The lowest BCUT2D eigenvalue weighted by Crippen LogP contribution is -2.23. The number of aromatic amines is 1. The predicted molar refractivity (Wildman–Crippen MR) is 65.6 cm³/mol. The first-order chi connectivity index (χ1) is 8.65. The minimum atomic E-state index is -0.168. The van der Waals surface area contributed by atoms with Crippen LogP contribution in [0.25, 0.3) is 5.65 Å². The normalized spacial score (nSPS) is 14.6. The maximum atomic E-state index is 12.3.